The number of nitrogens with one attached hydrogen (secondary N) is 2. The summed E-state index contributed by atoms with van der Waals surface area (Å²) in [4.78, 5) is 18.6. The van der Waals surface area contributed by atoms with E-state index in [0.29, 0.717) is 5.69 Å². The minimum Gasteiger partial charge on any atom is -0.361 e. The minimum absolute atomic E-state index is 0.0594. The molecular weight excluding hydrogens is 369 g/mol. The fourth-order valence-corrected chi connectivity index (χ4v) is 3.12. The van der Waals surface area contributed by atoms with E-state index < -0.39 is 23.0 Å². The van der Waals surface area contributed by atoms with Gasteiger partial charge in [0.15, 0.2) is 0 Å². The number of aromatic nitrogens is 3. The molecule has 5 nitrogen and oxygen atoms in total. The van der Waals surface area contributed by atoms with Crippen LogP contribution in [0.1, 0.15) is 11.1 Å². The molecule has 0 fully saturated rings. The molecule has 0 aliphatic heterocycles. The van der Waals surface area contributed by atoms with Crippen molar-refractivity contribution in [2.75, 3.05) is 5.32 Å². The molecule has 2 heterocycles. The van der Waals surface area contributed by atoms with Crippen molar-refractivity contribution in [2.45, 2.75) is 13.5 Å². The maximum absolute atomic E-state index is 13.9. The first kappa shape index (κ1) is 17.8. The molecule has 0 radical (unpaired) electrons. The molecule has 0 atom stereocenters. The maximum Gasteiger partial charge on any atom is 0.310 e. The highest BCUT2D eigenvalue weighted by molar-refractivity contribution is 5.93. The van der Waals surface area contributed by atoms with Gasteiger partial charge in [-0.1, -0.05) is 0 Å². The predicted octanol–water partition coefficient (Wildman–Crippen LogP) is 4.24. The fourth-order valence-electron chi connectivity index (χ4n) is 3.12. The molecule has 0 spiro atoms. The number of hydrogen-bond acceptors (Lipinski definition) is 3. The molecule has 0 amide bonds. The van der Waals surface area contributed by atoms with Gasteiger partial charge in [-0.05, 0) is 48.4 Å². The molecule has 4 rings (SSSR count). The van der Waals surface area contributed by atoms with Crippen LogP contribution in [-0.2, 0) is 6.54 Å². The molecule has 2 aromatic heterocycles. The summed E-state index contributed by atoms with van der Waals surface area (Å²) in [6.45, 7) is 1.83. The van der Waals surface area contributed by atoms with Gasteiger partial charge in [-0.25, -0.2) is 8.78 Å². The predicted molar refractivity (Wildman–Crippen MR) is 100 cm³/mol. The molecule has 0 bridgehead atoms. The van der Waals surface area contributed by atoms with Gasteiger partial charge >= 0.3 is 5.56 Å². The fraction of sp³-hybridized carbons (Fsp3) is 0.100. The summed E-state index contributed by atoms with van der Waals surface area (Å²) in [5.41, 5.74) is 1.74. The van der Waals surface area contributed by atoms with Gasteiger partial charge in [-0.2, -0.15) is 9.37 Å². The number of hydrogen-bond donors (Lipinski definition) is 2. The lowest BCUT2D eigenvalue weighted by atomic mass is 10.1. The number of halogens is 3. The number of rotatable bonds is 4. The molecule has 2 aromatic carbocycles. The van der Waals surface area contributed by atoms with Crippen LogP contribution >= 0.6 is 0 Å². The molecule has 0 saturated heterocycles. The standard InChI is InChI=1S/C20H15F3N4O/c1-11-4-17-15(2-3-24-17)18(5-11)25-20-26-19(28)16(23)10-27(20)9-12-6-13(21)8-14(22)7-12/h2-8,10,24H,9H2,1H3,(H,25,26,28). The van der Waals surface area contributed by atoms with Gasteiger partial charge in [-0.15, -0.1) is 0 Å². The van der Waals surface area contributed by atoms with E-state index >= 15 is 0 Å². The Bertz CT molecular complexity index is 1230. The van der Waals surface area contributed by atoms with Crippen LogP contribution in [0.4, 0.5) is 24.8 Å². The Hall–Kier alpha value is -3.55. The van der Waals surface area contributed by atoms with E-state index in [1.807, 2.05) is 25.1 Å². The first-order valence-electron chi connectivity index (χ1n) is 8.46. The normalized spacial score (nSPS) is 11.1. The third kappa shape index (κ3) is 3.48. The third-order valence-electron chi connectivity index (χ3n) is 4.29. The van der Waals surface area contributed by atoms with Gasteiger partial charge in [0.05, 0.1) is 12.2 Å². The zero-order valence-electron chi connectivity index (χ0n) is 14.8. The van der Waals surface area contributed by atoms with Gasteiger partial charge in [0.25, 0.3) is 0 Å². The molecule has 0 saturated carbocycles. The quantitative estimate of drug-likeness (QED) is 0.553. The van der Waals surface area contributed by atoms with Crippen molar-refractivity contribution in [3.05, 3.63) is 87.7 Å². The number of aromatic amines is 1. The molecule has 8 heteroatoms. The van der Waals surface area contributed by atoms with Crippen LogP contribution < -0.4 is 10.9 Å². The zero-order valence-corrected chi connectivity index (χ0v) is 14.8. The van der Waals surface area contributed by atoms with Crippen molar-refractivity contribution in [2.24, 2.45) is 0 Å². The van der Waals surface area contributed by atoms with Crippen LogP contribution in [0.2, 0.25) is 0 Å². The van der Waals surface area contributed by atoms with E-state index in [2.05, 4.69) is 15.3 Å². The van der Waals surface area contributed by atoms with Crippen LogP contribution in [-0.4, -0.2) is 14.5 Å². The number of aryl methyl sites for hydroxylation is 1. The third-order valence-corrected chi connectivity index (χ3v) is 4.29. The summed E-state index contributed by atoms with van der Waals surface area (Å²) in [7, 11) is 0. The SMILES string of the molecule is Cc1cc(Nc2nc(=O)c(F)cn2Cc2cc(F)cc(F)c2)c2cc[nH]c2c1. The van der Waals surface area contributed by atoms with E-state index in [9.17, 15) is 18.0 Å². The topological polar surface area (TPSA) is 62.7 Å². The zero-order chi connectivity index (χ0) is 19.8. The summed E-state index contributed by atoms with van der Waals surface area (Å²) < 4.78 is 42.1. The summed E-state index contributed by atoms with van der Waals surface area (Å²) in [5, 5.41) is 3.89. The Morgan fingerprint density at radius 3 is 2.61 bits per heavy atom. The second-order valence-electron chi connectivity index (χ2n) is 6.50. The molecule has 142 valence electrons. The number of H-pyrrole nitrogens is 1. The Morgan fingerprint density at radius 1 is 1.11 bits per heavy atom. The lowest BCUT2D eigenvalue weighted by molar-refractivity contribution is 0.568. The highest BCUT2D eigenvalue weighted by Gasteiger charge is 2.12. The molecule has 0 unspecified atom stereocenters. The monoisotopic (exact) mass is 384 g/mol. The minimum atomic E-state index is -1.06. The van der Waals surface area contributed by atoms with E-state index in [1.165, 1.54) is 4.57 Å². The van der Waals surface area contributed by atoms with E-state index in [0.717, 1.165) is 40.9 Å². The lowest BCUT2D eigenvalue weighted by Crippen LogP contribution is -2.20. The van der Waals surface area contributed by atoms with Crippen LogP contribution in [0.15, 0.2) is 53.6 Å². The van der Waals surface area contributed by atoms with Crippen molar-refractivity contribution in [3.63, 3.8) is 0 Å². The van der Waals surface area contributed by atoms with Crippen LogP contribution in [0.5, 0.6) is 0 Å². The molecule has 0 aliphatic carbocycles. The summed E-state index contributed by atoms with van der Waals surface area (Å²) in [6, 6.07) is 8.70. The van der Waals surface area contributed by atoms with Gasteiger partial charge in [0, 0.05) is 29.4 Å². The summed E-state index contributed by atoms with van der Waals surface area (Å²) in [5.74, 6) is -2.49. The van der Waals surface area contributed by atoms with E-state index in [4.69, 9.17) is 0 Å². The highest BCUT2D eigenvalue weighted by Crippen LogP contribution is 2.27. The second-order valence-corrected chi connectivity index (χ2v) is 6.50. The van der Waals surface area contributed by atoms with E-state index in [1.54, 1.807) is 6.20 Å². The van der Waals surface area contributed by atoms with Crippen molar-refractivity contribution in [1.29, 1.82) is 0 Å². The molecule has 2 N–H and O–H groups in total. The van der Waals surface area contributed by atoms with Crippen LogP contribution in [0, 0.1) is 24.4 Å². The number of benzene rings is 2. The molecule has 28 heavy (non-hydrogen) atoms. The Kier molecular flexibility index (Phi) is 4.38. The number of fused-ring (bicyclic) bond motifs is 1. The smallest absolute Gasteiger partial charge is 0.310 e. The van der Waals surface area contributed by atoms with Crippen molar-refractivity contribution < 1.29 is 13.2 Å². The van der Waals surface area contributed by atoms with Crippen molar-refractivity contribution in [3.8, 4) is 0 Å². The summed E-state index contributed by atoms with van der Waals surface area (Å²) >= 11 is 0. The van der Waals surface area contributed by atoms with Crippen LogP contribution in [0.25, 0.3) is 10.9 Å². The molecule has 0 aliphatic rings. The average Bonchev–Trinajstić information content (AvgIpc) is 3.07. The first-order valence-corrected chi connectivity index (χ1v) is 8.46. The van der Waals surface area contributed by atoms with Gasteiger partial charge < -0.3 is 14.9 Å². The Morgan fingerprint density at radius 2 is 1.86 bits per heavy atom. The van der Waals surface area contributed by atoms with Gasteiger partial charge in [0.2, 0.25) is 11.8 Å². The average molecular weight is 384 g/mol. The molecule has 4 aromatic rings. The van der Waals surface area contributed by atoms with E-state index in [-0.39, 0.29) is 18.1 Å². The number of anilines is 2. The Labute approximate surface area is 157 Å². The van der Waals surface area contributed by atoms with Gasteiger partial charge in [-0.3, -0.25) is 4.79 Å². The largest absolute Gasteiger partial charge is 0.361 e. The van der Waals surface area contributed by atoms with Crippen molar-refractivity contribution >= 4 is 22.5 Å². The first-order chi connectivity index (χ1) is 13.4. The van der Waals surface area contributed by atoms with Gasteiger partial charge in [0.1, 0.15) is 11.6 Å². The lowest BCUT2D eigenvalue weighted by Gasteiger charge is -2.15. The second kappa shape index (κ2) is 6.88. The molecular formula is C20H15F3N4O. The van der Waals surface area contributed by atoms with Crippen LogP contribution in [0.3, 0.4) is 0 Å². The summed E-state index contributed by atoms with van der Waals surface area (Å²) in [6.07, 6.45) is 2.74. The Balaban J connectivity index is 1.79. The van der Waals surface area contributed by atoms with Crippen molar-refractivity contribution in [1.82, 2.24) is 14.5 Å². The number of nitrogens with zero attached hydrogens (tertiary/aromatic N) is 2. The maximum atomic E-state index is 13.9. The highest BCUT2D eigenvalue weighted by atomic mass is 19.1.